The van der Waals surface area contributed by atoms with Gasteiger partial charge in [-0.2, -0.15) is 0 Å². The zero-order chi connectivity index (χ0) is 17.0. The highest BCUT2D eigenvalue weighted by atomic mass is 32.2. The van der Waals surface area contributed by atoms with Gasteiger partial charge in [0.15, 0.2) is 0 Å². The first-order valence-corrected chi connectivity index (χ1v) is 9.73. The van der Waals surface area contributed by atoms with Crippen molar-refractivity contribution in [1.29, 1.82) is 0 Å². The molecule has 0 N–H and O–H groups in total. The third-order valence-corrected chi connectivity index (χ3v) is 7.16. The minimum absolute atomic E-state index is 0.0551. The van der Waals surface area contributed by atoms with Gasteiger partial charge >= 0.3 is 0 Å². The number of para-hydroxylation sites is 1. The molecule has 1 amide bonds. The van der Waals surface area contributed by atoms with Crippen molar-refractivity contribution in [1.82, 2.24) is 0 Å². The van der Waals surface area contributed by atoms with Crippen molar-refractivity contribution in [2.45, 2.75) is 37.0 Å². The van der Waals surface area contributed by atoms with Crippen LogP contribution in [0.4, 0.5) is 5.69 Å². The maximum atomic E-state index is 13.1. The number of fused-ring (bicyclic) bond motifs is 4. The zero-order valence-corrected chi connectivity index (χ0v) is 15.1. The highest BCUT2D eigenvalue weighted by Crippen LogP contribution is 2.51. The number of carbonyl (C=O) groups is 1. The Labute approximate surface area is 152 Å². The Hall–Kier alpha value is -2.07. The van der Waals surface area contributed by atoms with Crippen molar-refractivity contribution >= 4 is 28.4 Å². The number of aliphatic imine (C=N–C) groups is 1. The molecular formula is C21H20N2OS. The van der Waals surface area contributed by atoms with Crippen LogP contribution in [-0.2, 0) is 11.2 Å². The first kappa shape index (κ1) is 15.2. The van der Waals surface area contributed by atoms with E-state index in [0.717, 1.165) is 36.4 Å². The monoisotopic (exact) mass is 348 g/mol. The molecule has 126 valence electrons. The Kier molecular flexibility index (Phi) is 3.32. The molecule has 3 aliphatic rings. The average molecular weight is 348 g/mol. The van der Waals surface area contributed by atoms with E-state index in [0.29, 0.717) is 0 Å². The number of carbonyl (C=O) groups excluding carboxylic acids is 1. The van der Waals surface area contributed by atoms with Crippen LogP contribution >= 0.6 is 11.8 Å². The van der Waals surface area contributed by atoms with Gasteiger partial charge in [0.05, 0.1) is 6.04 Å². The summed E-state index contributed by atoms with van der Waals surface area (Å²) in [5.74, 6) is 0.0551. The molecule has 1 fully saturated rings. The lowest BCUT2D eigenvalue weighted by atomic mass is 9.84. The largest absolute Gasteiger partial charge is 0.366 e. The van der Waals surface area contributed by atoms with Crippen LogP contribution in [0.1, 0.15) is 29.5 Å². The van der Waals surface area contributed by atoms with E-state index >= 15 is 0 Å². The van der Waals surface area contributed by atoms with Crippen LogP contribution < -0.4 is 4.90 Å². The molecule has 5 rings (SSSR count). The standard InChI is InChI=1S/C21H20N2OS/c1-14-8-10-15(11-9-14)19-22-20(24)21(25-19)13-16-5-2-3-6-17(16)23-12-4-7-18(21)23/h2-3,5-6,8-11,18H,4,7,12-13H2,1H3. The van der Waals surface area contributed by atoms with Crippen LogP contribution in [0, 0.1) is 6.92 Å². The molecule has 25 heavy (non-hydrogen) atoms. The number of aryl methyl sites for hydroxylation is 1. The van der Waals surface area contributed by atoms with Gasteiger partial charge in [0.25, 0.3) is 5.91 Å². The molecule has 0 aliphatic carbocycles. The molecular weight excluding hydrogens is 328 g/mol. The number of hydrogen-bond acceptors (Lipinski definition) is 3. The molecule has 0 bridgehead atoms. The van der Waals surface area contributed by atoms with Crippen molar-refractivity contribution in [2.75, 3.05) is 11.4 Å². The first-order valence-electron chi connectivity index (χ1n) is 8.91. The van der Waals surface area contributed by atoms with Gasteiger partial charge < -0.3 is 4.90 Å². The molecule has 3 nitrogen and oxygen atoms in total. The minimum Gasteiger partial charge on any atom is -0.366 e. The fraction of sp³-hybridized carbons (Fsp3) is 0.333. The number of rotatable bonds is 1. The van der Waals surface area contributed by atoms with E-state index in [2.05, 4.69) is 65.3 Å². The van der Waals surface area contributed by atoms with Crippen LogP contribution in [0.15, 0.2) is 53.5 Å². The second kappa shape index (κ2) is 5.46. The van der Waals surface area contributed by atoms with Crippen LogP contribution in [0.5, 0.6) is 0 Å². The van der Waals surface area contributed by atoms with Gasteiger partial charge in [0, 0.05) is 24.2 Å². The van der Waals surface area contributed by atoms with E-state index < -0.39 is 4.75 Å². The minimum atomic E-state index is -0.453. The molecule has 3 heterocycles. The number of thioether (sulfide) groups is 1. The quantitative estimate of drug-likeness (QED) is 0.781. The number of amides is 1. The summed E-state index contributed by atoms with van der Waals surface area (Å²) in [4.78, 5) is 20.1. The summed E-state index contributed by atoms with van der Waals surface area (Å²) in [6.07, 6.45) is 3.00. The second-order valence-electron chi connectivity index (χ2n) is 7.24. The van der Waals surface area contributed by atoms with Crippen molar-refractivity contribution in [3.63, 3.8) is 0 Å². The van der Waals surface area contributed by atoms with Gasteiger partial charge in [-0.3, -0.25) is 4.79 Å². The van der Waals surface area contributed by atoms with Crippen LogP contribution in [0.2, 0.25) is 0 Å². The maximum Gasteiger partial charge on any atom is 0.265 e. The summed E-state index contributed by atoms with van der Waals surface area (Å²) in [6.45, 7) is 3.12. The van der Waals surface area contributed by atoms with Crippen LogP contribution in [0.25, 0.3) is 0 Å². The Bertz CT molecular complexity index is 889. The highest BCUT2D eigenvalue weighted by Gasteiger charge is 2.57. The molecule has 2 aromatic carbocycles. The van der Waals surface area contributed by atoms with Gasteiger partial charge in [0.2, 0.25) is 0 Å². The number of benzene rings is 2. The van der Waals surface area contributed by atoms with Crippen molar-refractivity contribution in [3.05, 3.63) is 65.2 Å². The van der Waals surface area contributed by atoms with Crippen molar-refractivity contribution < 1.29 is 4.79 Å². The van der Waals surface area contributed by atoms with Gasteiger partial charge in [-0.25, -0.2) is 4.99 Å². The summed E-state index contributed by atoms with van der Waals surface area (Å²) in [5, 5.41) is 0.885. The van der Waals surface area contributed by atoms with E-state index in [1.807, 2.05) is 0 Å². The topological polar surface area (TPSA) is 32.7 Å². The van der Waals surface area contributed by atoms with Gasteiger partial charge in [-0.05, 0) is 31.4 Å². The third kappa shape index (κ3) is 2.20. The lowest BCUT2D eigenvalue weighted by Crippen LogP contribution is -2.55. The lowest BCUT2D eigenvalue weighted by molar-refractivity contribution is -0.120. The Morgan fingerprint density at radius 2 is 1.96 bits per heavy atom. The number of nitrogens with zero attached hydrogens (tertiary/aromatic N) is 2. The third-order valence-electron chi connectivity index (χ3n) is 5.69. The fourth-order valence-corrected chi connectivity index (χ4v) is 5.92. The molecule has 2 aromatic rings. The Morgan fingerprint density at radius 3 is 2.80 bits per heavy atom. The fourth-order valence-electron chi connectivity index (χ4n) is 4.45. The molecule has 0 saturated carbocycles. The Balaban J connectivity index is 1.56. The van der Waals surface area contributed by atoms with Gasteiger partial charge in [-0.15, -0.1) is 0 Å². The summed E-state index contributed by atoms with van der Waals surface area (Å²) in [7, 11) is 0. The highest BCUT2D eigenvalue weighted by molar-refractivity contribution is 8.16. The normalized spacial score (nSPS) is 27.4. The van der Waals surface area contributed by atoms with E-state index in [4.69, 9.17) is 0 Å². The van der Waals surface area contributed by atoms with E-state index in [-0.39, 0.29) is 11.9 Å². The predicted octanol–water partition coefficient (Wildman–Crippen LogP) is 3.98. The molecule has 2 unspecified atom stereocenters. The summed E-state index contributed by atoms with van der Waals surface area (Å²) >= 11 is 1.70. The first-order chi connectivity index (χ1) is 12.2. The summed E-state index contributed by atoms with van der Waals surface area (Å²) in [5.41, 5.74) is 4.88. The van der Waals surface area contributed by atoms with E-state index in [1.54, 1.807) is 11.8 Å². The molecule has 2 atom stereocenters. The molecule has 3 aliphatic heterocycles. The predicted molar refractivity (Wildman–Crippen MR) is 104 cm³/mol. The van der Waals surface area contributed by atoms with Crippen LogP contribution in [-0.4, -0.2) is 28.3 Å². The zero-order valence-electron chi connectivity index (χ0n) is 14.2. The van der Waals surface area contributed by atoms with Crippen molar-refractivity contribution in [3.8, 4) is 0 Å². The summed E-state index contributed by atoms with van der Waals surface area (Å²) < 4.78 is -0.453. The molecule has 1 spiro atoms. The van der Waals surface area contributed by atoms with Crippen LogP contribution in [0.3, 0.4) is 0 Å². The average Bonchev–Trinajstić information content (AvgIpc) is 3.23. The molecule has 0 radical (unpaired) electrons. The Morgan fingerprint density at radius 1 is 1.16 bits per heavy atom. The van der Waals surface area contributed by atoms with Crippen molar-refractivity contribution in [2.24, 2.45) is 4.99 Å². The number of anilines is 1. The smallest absolute Gasteiger partial charge is 0.265 e. The maximum absolute atomic E-state index is 13.1. The molecule has 0 aromatic heterocycles. The summed E-state index contributed by atoms with van der Waals surface area (Å²) in [6, 6.07) is 17.1. The van der Waals surface area contributed by atoms with E-state index in [1.165, 1.54) is 16.8 Å². The number of hydrogen-bond donors (Lipinski definition) is 0. The molecule has 1 saturated heterocycles. The van der Waals surface area contributed by atoms with Gasteiger partial charge in [-0.1, -0.05) is 59.8 Å². The van der Waals surface area contributed by atoms with E-state index in [9.17, 15) is 4.79 Å². The lowest BCUT2D eigenvalue weighted by Gasteiger charge is -2.44. The second-order valence-corrected chi connectivity index (χ2v) is 8.56. The molecule has 4 heteroatoms. The van der Waals surface area contributed by atoms with Gasteiger partial charge in [0.1, 0.15) is 9.79 Å². The SMILES string of the molecule is Cc1ccc(C2=NC(=O)C3(Cc4ccccc4N4CCCC43)S2)cc1.